The first-order chi connectivity index (χ1) is 7.16. The van der Waals surface area contributed by atoms with Crippen molar-refractivity contribution in [3.63, 3.8) is 0 Å². The van der Waals surface area contributed by atoms with Crippen LogP contribution < -0.4 is 16.4 Å². The molecule has 0 unspecified atom stereocenters. The molecule has 0 bridgehead atoms. The summed E-state index contributed by atoms with van der Waals surface area (Å²) in [6.45, 7) is 0. The fourth-order valence-corrected chi connectivity index (χ4v) is 1.54. The van der Waals surface area contributed by atoms with Gasteiger partial charge in [-0.1, -0.05) is 12.1 Å². The van der Waals surface area contributed by atoms with Crippen LogP contribution in [0.2, 0.25) is 0 Å². The van der Waals surface area contributed by atoms with E-state index >= 15 is 0 Å². The molecule has 0 spiro atoms. The second-order valence-electron chi connectivity index (χ2n) is 3.40. The van der Waals surface area contributed by atoms with Gasteiger partial charge >= 0.3 is 0 Å². The largest absolute Gasteiger partial charge is 0.372 e. The summed E-state index contributed by atoms with van der Waals surface area (Å²) in [7, 11) is 0. The van der Waals surface area contributed by atoms with Crippen LogP contribution in [0.25, 0.3) is 0 Å². The summed E-state index contributed by atoms with van der Waals surface area (Å²) >= 11 is 0. The van der Waals surface area contributed by atoms with Crippen molar-refractivity contribution in [2.75, 3.05) is 10.6 Å². The Kier molecular flexibility index (Phi) is 2.29. The summed E-state index contributed by atoms with van der Waals surface area (Å²) in [5.74, 6) is -0.727. The molecule has 0 radical (unpaired) electrons. The van der Waals surface area contributed by atoms with E-state index in [0.717, 1.165) is 11.4 Å². The Morgan fingerprint density at radius 1 is 1.33 bits per heavy atom. The number of nitrogens with one attached hydrogen (secondary N) is 2. The molecule has 1 aliphatic heterocycles. The third-order valence-corrected chi connectivity index (χ3v) is 2.24. The molecule has 1 heterocycles. The number of primary amides is 1. The van der Waals surface area contributed by atoms with E-state index in [1.807, 2.05) is 18.2 Å². The number of hydrogen-bond donors (Lipinski definition) is 3. The number of hydrogen-bond acceptors (Lipinski definition) is 3. The second kappa shape index (κ2) is 3.61. The lowest BCUT2D eigenvalue weighted by molar-refractivity contribution is -0.123. The van der Waals surface area contributed by atoms with E-state index in [4.69, 9.17) is 5.73 Å². The lowest BCUT2D eigenvalue weighted by Crippen LogP contribution is -2.41. The van der Waals surface area contributed by atoms with E-state index in [1.165, 1.54) is 0 Å². The normalized spacial score (nSPS) is 18.7. The van der Waals surface area contributed by atoms with Gasteiger partial charge in [-0.3, -0.25) is 9.59 Å². The SMILES string of the molecule is NC(=O)C[C@H]1Nc2ccccc2NC1=O. The van der Waals surface area contributed by atoms with Crippen LogP contribution in [-0.2, 0) is 9.59 Å². The molecule has 1 aromatic rings. The lowest BCUT2D eigenvalue weighted by Gasteiger charge is -2.25. The topological polar surface area (TPSA) is 84.2 Å². The fraction of sp³-hybridized carbons (Fsp3) is 0.200. The van der Waals surface area contributed by atoms with Crippen LogP contribution in [0.4, 0.5) is 11.4 Å². The number of anilines is 2. The van der Waals surface area contributed by atoms with Gasteiger partial charge in [-0.05, 0) is 12.1 Å². The number of carbonyl (C=O) groups excluding carboxylic acids is 2. The second-order valence-corrected chi connectivity index (χ2v) is 3.40. The third kappa shape index (κ3) is 1.90. The molecule has 1 atom stereocenters. The number of nitrogens with two attached hydrogens (primary N) is 1. The zero-order chi connectivity index (χ0) is 10.8. The quantitative estimate of drug-likeness (QED) is 0.649. The predicted molar refractivity (Wildman–Crippen MR) is 56.3 cm³/mol. The van der Waals surface area contributed by atoms with Gasteiger partial charge in [-0.25, -0.2) is 0 Å². The minimum Gasteiger partial charge on any atom is -0.372 e. The van der Waals surface area contributed by atoms with Crippen molar-refractivity contribution in [3.05, 3.63) is 24.3 Å². The van der Waals surface area contributed by atoms with Crippen molar-refractivity contribution < 1.29 is 9.59 Å². The highest BCUT2D eigenvalue weighted by Crippen LogP contribution is 2.26. The molecule has 5 heteroatoms. The van der Waals surface area contributed by atoms with Gasteiger partial charge in [0.2, 0.25) is 11.8 Å². The molecule has 0 saturated heterocycles. The minimum atomic E-state index is -0.572. The van der Waals surface area contributed by atoms with E-state index in [9.17, 15) is 9.59 Å². The summed E-state index contributed by atoms with van der Waals surface area (Å²) in [4.78, 5) is 22.2. The standard InChI is InChI=1S/C10H11N3O2/c11-9(14)5-8-10(15)13-7-4-2-1-3-6(7)12-8/h1-4,8,12H,5H2,(H2,11,14)(H,13,15)/t8-/m1/s1. The van der Waals surface area contributed by atoms with Crippen molar-refractivity contribution >= 4 is 23.2 Å². The number of fused-ring (bicyclic) bond motifs is 1. The van der Waals surface area contributed by atoms with Crippen LogP contribution in [0.1, 0.15) is 6.42 Å². The summed E-state index contributed by atoms with van der Waals surface area (Å²) in [6, 6.07) is 6.74. The fourth-order valence-electron chi connectivity index (χ4n) is 1.54. The van der Waals surface area contributed by atoms with Gasteiger partial charge in [0.1, 0.15) is 6.04 Å². The lowest BCUT2D eigenvalue weighted by atomic mass is 10.1. The summed E-state index contributed by atoms with van der Waals surface area (Å²) in [6.07, 6.45) is 0.000166. The highest BCUT2D eigenvalue weighted by molar-refractivity contribution is 6.04. The van der Waals surface area contributed by atoms with E-state index in [-0.39, 0.29) is 12.3 Å². The molecule has 15 heavy (non-hydrogen) atoms. The van der Waals surface area contributed by atoms with E-state index in [0.29, 0.717) is 0 Å². The molecule has 0 fully saturated rings. The number of rotatable bonds is 2. The van der Waals surface area contributed by atoms with Crippen LogP contribution in [0.5, 0.6) is 0 Å². The molecule has 2 amide bonds. The Hall–Kier alpha value is -2.04. The number of amides is 2. The molecule has 0 saturated carbocycles. The Bertz CT molecular complexity index is 417. The Balaban J connectivity index is 2.22. The summed E-state index contributed by atoms with van der Waals surface area (Å²) in [5.41, 5.74) is 6.58. The van der Waals surface area contributed by atoms with Crippen molar-refractivity contribution in [1.82, 2.24) is 0 Å². The van der Waals surface area contributed by atoms with Crippen LogP contribution in [-0.4, -0.2) is 17.9 Å². The first-order valence-electron chi connectivity index (χ1n) is 4.61. The van der Waals surface area contributed by atoms with Crippen molar-refractivity contribution in [3.8, 4) is 0 Å². The predicted octanol–water partition coefficient (Wildman–Crippen LogP) is 0.295. The Morgan fingerprint density at radius 3 is 2.67 bits per heavy atom. The Morgan fingerprint density at radius 2 is 2.00 bits per heavy atom. The van der Waals surface area contributed by atoms with Gasteiger partial charge in [-0.2, -0.15) is 0 Å². The number of carbonyl (C=O) groups is 2. The summed E-state index contributed by atoms with van der Waals surface area (Å²) in [5, 5.41) is 5.67. The monoisotopic (exact) mass is 205 g/mol. The molecule has 1 aliphatic rings. The smallest absolute Gasteiger partial charge is 0.247 e. The first-order valence-corrected chi connectivity index (χ1v) is 4.61. The minimum absolute atomic E-state index is 0.000166. The third-order valence-electron chi connectivity index (χ3n) is 2.24. The molecule has 78 valence electrons. The maximum atomic E-state index is 11.5. The van der Waals surface area contributed by atoms with Crippen LogP contribution in [0.3, 0.4) is 0 Å². The molecule has 0 aromatic heterocycles. The molecule has 1 aromatic carbocycles. The molecular weight excluding hydrogens is 194 g/mol. The zero-order valence-electron chi connectivity index (χ0n) is 7.99. The average Bonchev–Trinajstić information content (AvgIpc) is 2.18. The molecular formula is C10H11N3O2. The van der Waals surface area contributed by atoms with Crippen LogP contribution in [0, 0.1) is 0 Å². The van der Waals surface area contributed by atoms with Gasteiger partial charge in [0.05, 0.1) is 17.8 Å². The number of para-hydroxylation sites is 2. The van der Waals surface area contributed by atoms with Crippen molar-refractivity contribution in [2.45, 2.75) is 12.5 Å². The van der Waals surface area contributed by atoms with E-state index < -0.39 is 11.9 Å². The van der Waals surface area contributed by atoms with E-state index in [1.54, 1.807) is 6.07 Å². The molecule has 2 rings (SSSR count). The first kappa shape index (κ1) is 9.51. The van der Waals surface area contributed by atoms with Crippen LogP contribution in [0.15, 0.2) is 24.3 Å². The molecule has 5 nitrogen and oxygen atoms in total. The maximum Gasteiger partial charge on any atom is 0.247 e. The van der Waals surface area contributed by atoms with Crippen molar-refractivity contribution in [2.24, 2.45) is 5.73 Å². The maximum absolute atomic E-state index is 11.5. The van der Waals surface area contributed by atoms with Gasteiger partial charge in [0.25, 0.3) is 0 Å². The zero-order valence-corrected chi connectivity index (χ0v) is 7.99. The van der Waals surface area contributed by atoms with Crippen molar-refractivity contribution in [1.29, 1.82) is 0 Å². The van der Waals surface area contributed by atoms with E-state index in [2.05, 4.69) is 10.6 Å². The van der Waals surface area contributed by atoms with Gasteiger partial charge in [-0.15, -0.1) is 0 Å². The van der Waals surface area contributed by atoms with Gasteiger partial charge in [0, 0.05) is 0 Å². The Labute approximate surface area is 86.6 Å². The van der Waals surface area contributed by atoms with Gasteiger partial charge < -0.3 is 16.4 Å². The molecule has 4 N–H and O–H groups in total. The highest BCUT2D eigenvalue weighted by Gasteiger charge is 2.26. The summed E-state index contributed by atoms with van der Waals surface area (Å²) < 4.78 is 0. The van der Waals surface area contributed by atoms with Crippen LogP contribution >= 0.6 is 0 Å². The average molecular weight is 205 g/mol. The molecule has 0 aliphatic carbocycles. The number of benzene rings is 1. The highest BCUT2D eigenvalue weighted by atomic mass is 16.2. The van der Waals surface area contributed by atoms with Gasteiger partial charge in [0.15, 0.2) is 0 Å².